The van der Waals surface area contributed by atoms with Gasteiger partial charge in [0.15, 0.2) is 0 Å². The number of amides is 1. The van der Waals surface area contributed by atoms with Crippen molar-refractivity contribution in [1.29, 1.82) is 0 Å². The van der Waals surface area contributed by atoms with Gasteiger partial charge < -0.3 is 14.5 Å². The number of hydrogen-bond acceptors (Lipinski definition) is 2. The van der Waals surface area contributed by atoms with Crippen LogP contribution in [0.4, 0.5) is 0 Å². The van der Waals surface area contributed by atoms with E-state index in [0.29, 0.717) is 6.54 Å². The highest BCUT2D eigenvalue weighted by molar-refractivity contribution is 6.07. The van der Waals surface area contributed by atoms with Gasteiger partial charge in [-0.3, -0.25) is 4.79 Å². The predicted octanol–water partition coefficient (Wildman–Crippen LogP) is 3.26. The Bertz CT molecular complexity index is 844. The van der Waals surface area contributed by atoms with E-state index in [9.17, 15) is 4.79 Å². The number of aromatic nitrogens is 3. The molecule has 0 saturated carbocycles. The molecule has 3 rings (SSSR count). The normalized spacial score (nSPS) is 11.3. The third-order valence-corrected chi connectivity index (χ3v) is 4.27. The Morgan fingerprint density at radius 3 is 2.74 bits per heavy atom. The Kier molecular flexibility index (Phi) is 3.94. The lowest BCUT2D eigenvalue weighted by molar-refractivity contribution is 0.0689. The first-order chi connectivity index (χ1) is 11.0. The van der Waals surface area contributed by atoms with Gasteiger partial charge in [-0.2, -0.15) is 0 Å². The molecule has 1 aromatic carbocycles. The van der Waals surface area contributed by atoms with Crippen LogP contribution >= 0.6 is 0 Å². The Balaban J connectivity index is 1.99. The van der Waals surface area contributed by atoms with E-state index < -0.39 is 0 Å². The third-order valence-electron chi connectivity index (χ3n) is 4.27. The molecule has 0 saturated heterocycles. The summed E-state index contributed by atoms with van der Waals surface area (Å²) in [5, 5.41) is 0.990. The molecule has 23 heavy (non-hydrogen) atoms. The van der Waals surface area contributed by atoms with Crippen molar-refractivity contribution in [2.45, 2.75) is 33.4 Å². The lowest BCUT2D eigenvalue weighted by Crippen LogP contribution is -2.36. The zero-order valence-corrected chi connectivity index (χ0v) is 14.0. The second-order valence-electron chi connectivity index (χ2n) is 6.17. The fraction of sp³-hybridized carbons (Fsp3) is 0.333. The van der Waals surface area contributed by atoms with E-state index in [1.165, 1.54) is 0 Å². The number of aryl methyl sites for hydroxylation is 2. The van der Waals surface area contributed by atoms with Gasteiger partial charge in [-0.15, -0.1) is 0 Å². The molecular weight excluding hydrogens is 288 g/mol. The Hall–Kier alpha value is -2.56. The van der Waals surface area contributed by atoms with E-state index >= 15 is 0 Å². The first-order valence-electron chi connectivity index (χ1n) is 7.83. The minimum atomic E-state index is 0.0409. The number of nitrogens with one attached hydrogen (secondary N) is 1. The average molecular weight is 310 g/mol. The first kappa shape index (κ1) is 15.3. The fourth-order valence-electron chi connectivity index (χ4n) is 2.86. The second kappa shape index (κ2) is 5.91. The predicted molar refractivity (Wildman–Crippen MR) is 91.3 cm³/mol. The molecule has 2 aromatic heterocycles. The number of para-hydroxylation sites is 1. The van der Waals surface area contributed by atoms with Crippen LogP contribution in [0.5, 0.6) is 0 Å². The summed E-state index contributed by atoms with van der Waals surface area (Å²) in [6.45, 7) is 6.55. The summed E-state index contributed by atoms with van der Waals surface area (Å²) in [5.74, 6) is 0.0409. The molecule has 120 valence electrons. The van der Waals surface area contributed by atoms with Crippen molar-refractivity contribution in [2.75, 3.05) is 0 Å². The highest BCUT2D eigenvalue weighted by Crippen LogP contribution is 2.23. The summed E-state index contributed by atoms with van der Waals surface area (Å²) in [7, 11) is 1.97. The fourth-order valence-corrected chi connectivity index (χ4v) is 2.86. The summed E-state index contributed by atoms with van der Waals surface area (Å²) in [4.78, 5) is 22.4. The third kappa shape index (κ3) is 2.74. The number of hydrogen-bond donors (Lipinski definition) is 1. The number of imidazole rings is 1. The molecule has 0 radical (unpaired) electrons. The maximum Gasteiger partial charge on any atom is 0.256 e. The van der Waals surface area contributed by atoms with Gasteiger partial charge in [-0.25, -0.2) is 4.98 Å². The molecule has 3 aromatic rings. The lowest BCUT2D eigenvalue weighted by atomic mass is 10.1. The zero-order chi connectivity index (χ0) is 16.6. The van der Waals surface area contributed by atoms with Crippen molar-refractivity contribution < 1.29 is 4.79 Å². The van der Waals surface area contributed by atoms with Crippen LogP contribution in [0.3, 0.4) is 0 Å². The van der Waals surface area contributed by atoms with E-state index in [1.54, 1.807) is 6.33 Å². The summed E-state index contributed by atoms with van der Waals surface area (Å²) in [6.07, 6.45) is 3.59. The molecule has 0 aliphatic heterocycles. The summed E-state index contributed by atoms with van der Waals surface area (Å²) in [5.41, 5.74) is 3.72. The number of rotatable bonds is 4. The van der Waals surface area contributed by atoms with Crippen molar-refractivity contribution in [3.63, 3.8) is 0 Å². The van der Waals surface area contributed by atoms with Crippen molar-refractivity contribution in [3.8, 4) is 0 Å². The van der Waals surface area contributed by atoms with Gasteiger partial charge >= 0.3 is 0 Å². The summed E-state index contributed by atoms with van der Waals surface area (Å²) in [6, 6.07) is 8.09. The maximum absolute atomic E-state index is 13.1. The molecule has 1 amide bonds. The van der Waals surface area contributed by atoms with E-state index in [0.717, 1.165) is 27.9 Å². The quantitative estimate of drug-likeness (QED) is 0.804. The largest absolute Gasteiger partial charge is 0.350 e. The van der Waals surface area contributed by atoms with Gasteiger partial charge in [-0.1, -0.05) is 18.2 Å². The Morgan fingerprint density at radius 1 is 1.35 bits per heavy atom. The molecule has 5 heteroatoms. The van der Waals surface area contributed by atoms with Crippen LogP contribution in [0.2, 0.25) is 0 Å². The first-order valence-corrected chi connectivity index (χ1v) is 7.83. The van der Waals surface area contributed by atoms with Crippen molar-refractivity contribution in [1.82, 2.24) is 19.4 Å². The lowest BCUT2D eigenvalue weighted by Gasteiger charge is -2.26. The van der Waals surface area contributed by atoms with Crippen LogP contribution in [0.15, 0.2) is 36.8 Å². The molecule has 0 unspecified atom stereocenters. The van der Waals surface area contributed by atoms with Gasteiger partial charge in [0.1, 0.15) is 0 Å². The second-order valence-corrected chi connectivity index (χ2v) is 6.17. The van der Waals surface area contributed by atoms with Gasteiger partial charge in [0.05, 0.1) is 24.1 Å². The minimum absolute atomic E-state index is 0.0409. The highest BCUT2D eigenvalue weighted by Gasteiger charge is 2.23. The Morgan fingerprint density at radius 2 is 2.09 bits per heavy atom. The maximum atomic E-state index is 13.1. The number of nitrogens with zero attached hydrogens (tertiary/aromatic N) is 3. The van der Waals surface area contributed by atoms with E-state index in [4.69, 9.17) is 0 Å². The smallest absolute Gasteiger partial charge is 0.256 e. The Labute approximate surface area is 135 Å². The summed E-state index contributed by atoms with van der Waals surface area (Å²) >= 11 is 0. The van der Waals surface area contributed by atoms with Crippen LogP contribution in [-0.4, -0.2) is 31.4 Å². The van der Waals surface area contributed by atoms with Gasteiger partial charge in [-0.05, 0) is 26.8 Å². The highest BCUT2D eigenvalue weighted by atomic mass is 16.2. The van der Waals surface area contributed by atoms with Crippen molar-refractivity contribution in [2.24, 2.45) is 7.05 Å². The van der Waals surface area contributed by atoms with Gasteiger partial charge in [0.2, 0.25) is 0 Å². The molecule has 0 fully saturated rings. The number of carbonyl (C=O) groups is 1. The van der Waals surface area contributed by atoms with Crippen LogP contribution in [0, 0.1) is 6.92 Å². The molecule has 0 bridgehead atoms. The van der Waals surface area contributed by atoms with Crippen molar-refractivity contribution in [3.05, 3.63) is 53.7 Å². The van der Waals surface area contributed by atoms with Crippen LogP contribution in [0.1, 0.15) is 35.6 Å². The molecule has 0 atom stereocenters. The number of benzene rings is 1. The van der Waals surface area contributed by atoms with Gasteiger partial charge in [0, 0.05) is 35.9 Å². The number of H-pyrrole nitrogens is 1. The summed E-state index contributed by atoms with van der Waals surface area (Å²) < 4.78 is 2.00. The molecule has 0 aliphatic carbocycles. The van der Waals surface area contributed by atoms with Crippen LogP contribution in [-0.2, 0) is 13.6 Å². The molecular formula is C18H22N4O. The molecule has 2 heterocycles. The van der Waals surface area contributed by atoms with Crippen LogP contribution in [0.25, 0.3) is 10.9 Å². The van der Waals surface area contributed by atoms with Crippen LogP contribution < -0.4 is 0 Å². The molecule has 0 aliphatic rings. The SMILES string of the molecule is Cc1[nH]cnc1CN(C(=O)c1cn(C)c2ccccc12)C(C)C. The standard InChI is InChI=1S/C18H22N4O/c1-12(2)22(10-16-13(3)19-11-20-16)18(23)15-9-21(4)17-8-6-5-7-14(15)17/h5-9,11-12H,10H2,1-4H3,(H,19,20). The van der Waals surface area contributed by atoms with Gasteiger partial charge in [0.25, 0.3) is 5.91 Å². The topological polar surface area (TPSA) is 53.9 Å². The minimum Gasteiger partial charge on any atom is -0.350 e. The molecule has 5 nitrogen and oxygen atoms in total. The van der Waals surface area contributed by atoms with E-state index in [2.05, 4.69) is 9.97 Å². The average Bonchev–Trinajstić information content (AvgIpc) is 3.08. The molecule has 0 spiro atoms. The number of fused-ring (bicyclic) bond motifs is 1. The monoisotopic (exact) mass is 310 g/mol. The van der Waals surface area contributed by atoms with Crippen molar-refractivity contribution >= 4 is 16.8 Å². The number of aromatic amines is 1. The van der Waals surface area contributed by atoms with E-state index in [1.807, 2.05) is 67.7 Å². The zero-order valence-electron chi connectivity index (χ0n) is 14.0. The van der Waals surface area contributed by atoms with E-state index in [-0.39, 0.29) is 11.9 Å². The molecule has 1 N–H and O–H groups in total. The number of carbonyl (C=O) groups excluding carboxylic acids is 1.